The number of nitriles is 1. The average Bonchev–Trinajstić information content (AvgIpc) is 3.44. The molecule has 0 unspecified atom stereocenters. The molecule has 4 rings (SSSR count). The Morgan fingerprint density at radius 1 is 1.20 bits per heavy atom. The van der Waals surface area contributed by atoms with E-state index in [2.05, 4.69) is 16.4 Å². The molecular weight excluding hydrogens is 382 g/mol. The van der Waals surface area contributed by atoms with Crippen LogP contribution in [0.1, 0.15) is 40.4 Å². The number of hydrogen-bond acceptors (Lipinski definition) is 6. The number of ketones is 1. The molecule has 0 saturated carbocycles. The highest BCUT2D eigenvalue weighted by Crippen LogP contribution is 2.37. The molecule has 0 bridgehead atoms. The van der Waals surface area contributed by atoms with E-state index in [9.17, 15) is 14.9 Å². The maximum atomic E-state index is 12.3. The molecule has 7 nitrogen and oxygen atoms in total. The largest absolute Gasteiger partial charge is 0.467 e. The Labute approximate surface area is 173 Å². The Morgan fingerprint density at radius 3 is 2.63 bits per heavy atom. The van der Waals surface area contributed by atoms with Gasteiger partial charge in [0, 0.05) is 11.3 Å². The van der Waals surface area contributed by atoms with E-state index in [4.69, 9.17) is 9.15 Å². The monoisotopic (exact) mass is 401 g/mol. The van der Waals surface area contributed by atoms with Crippen LogP contribution in [-0.4, -0.2) is 23.3 Å². The molecule has 3 aromatic rings. The Morgan fingerprint density at radius 2 is 1.97 bits per heavy atom. The quantitative estimate of drug-likeness (QED) is 0.628. The lowest BCUT2D eigenvalue weighted by atomic mass is 10.0. The Bertz CT molecular complexity index is 1140. The van der Waals surface area contributed by atoms with Gasteiger partial charge in [-0.25, -0.2) is 4.98 Å². The lowest BCUT2D eigenvalue weighted by Crippen LogP contribution is -2.21. The number of hydrogen-bond donors (Lipinski definition) is 1. The van der Waals surface area contributed by atoms with Crippen molar-refractivity contribution in [2.24, 2.45) is 0 Å². The summed E-state index contributed by atoms with van der Waals surface area (Å²) in [5, 5.41) is 12.4. The fourth-order valence-electron chi connectivity index (χ4n) is 3.59. The van der Waals surface area contributed by atoms with Crippen LogP contribution < -0.4 is 10.1 Å². The molecule has 150 valence electrons. The first-order chi connectivity index (χ1) is 14.6. The fraction of sp³-hybridized carbons (Fsp3) is 0.217. The van der Waals surface area contributed by atoms with Crippen LogP contribution in [0.4, 0.5) is 5.69 Å². The molecule has 1 aliphatic carbocycles. The average molecular weight is 401 g/mol. The first-order valence-corrected chi connectivity index (χ1v) is 9.60. The summed E-state index contributed by atoms with van der Waals surface area (Å²) in [5.41, 5.74) is 4.05. The summed E-state index contributed by atoms with van der Waals surface area (Å²) in [6, 6.07) is 12.4. The van der Waals surface area contributed by atoms with E-state index >= 15 is 0 Å². The predicted octanol–water partition coefficient (Wildman–Crippen LogP) is 3.92. The van der Waals surface area contributed by atoms with Gasteiger partial charge in [-0.1, -0.05) is 0 Å². The first-order valence-electron chi connectivity index (χ1n) is 9.60. The molecule has 1 aromatic carbocycles. The van der Waals surface area contributed by atoms with E-state index in [-0.39, 0.29) is 18.3 Å². The van der Waals surface area contributed by atoms with E-state index in [0.29, 0.717) is 28.3 Å². The van der Waals surface area contributed by atoms with Gasteiger partial charge in [-0.3, -0.25) is 9.59 Å². The van der Waals surface area contributed by atoms with Gasteiger partial charge < -0.3 is 14.5 Å². The third kappa shape index (κ3) is 3.80. The number of fused-ring (bicyclic) bond motifs is 1. The molecule has 0 atom stereocenters. The number of furan rings is 1. The number of amides is 1. The highest BCUT2D eigenvalue weighted by atomic mass is 16.5. The fourth-order valence-corrected chi connectivity index (χ4v) is 3.59. The second kappa shape index (κ2) is 8.21. The minimum absolute atomic E-state index is 0.0460. The third-order valence-electron chi connectivity index (χ3n) is 5.01. The van der Waals surface area contributed by atoms with Crippen molar-refractivity contribution in [3.8, 4) is 23.4 Å². The number of nitrogens with zero attached hydrogens (tertiary/aromatic N) is 2. The summed E-state index contributed by atoms with van der Waals surface area (Å²) >= 11 is 0. The maximum Gasteiger partial charge on any atom is 0.262 e. The van der Waals surface area contributed by atoms with Crippen molar-refractivity contribution in [2.75, 3.05) is 11.9 Å². The third-order valence-corrected chi connectivity index (χ3v) is 5.01. The first kappa shape index (κ1) is 19.4. The highest BCUT2D eigenvalue weighted by molar-refractivity contribution is 5.96. The number of carbonyl (C=O) groups excluding carboxylic acids is 2. The van der Waals surface area contributed by atoms with E-state index < -0.39 is 5.91 Å². The zero-order chi connectivity index (χ0) is 21.1. The van der Waals surface area contributed by atoms with E-state index in [1.165, 1.54) is 6.92 Å². The zero-order valence-corrected chi connectivity index (χ0v) is 16.4. The molecule has 0 spiro atoms. The van der Waals surface area contributed by atoms with E-state index in [1.54, 1.807) is 36.6 Å². The number of anilines is 1. The number of carbonyl (C=O) groups is 2. The van der Waals surface area contributed by atoms with Crippen molar-refractivity contribution in [3.05, 3.63) is 64.9 Å². The van der Waals surface area contributed by atoms with Crippen molar-refractivity contribution in [3.63, 3.8) is 0 Å². The molecule has 0 saturated heterocycles. The van der Waals surface area contributed by atoms with Crippen molar-refractivity contribution < 1.29 is 18.7 Å². The van der Waals surface area contributed by atoms with Gasteiger partial charge in [-0.2, -0.15) is 5.26 Å². The highest BCUT2D eigenvalue weighted by Gasteiger charge is 2.26. The standard InChI is InChI=1S/C23H19N3O4/c1-14(27)15-7-9-16(10-8-15)25-21(28)13-30-23-19(12-24)17-4-2-5-18(17)22(26-23)20-6-3-11-29-20/h3,6-11H,2,4-5,13H2,1H3,(H,25,28). The van der Waals surface area contributed by atoms with Gasteiger partial charge in [0.15, 0.2) is 18.2 Å². The van der Waals surface area contributed by atoms with Crippen LogP contribution in [0, 0.1) is 11.3 Å². The second-order valence-corrected chi connectivity index (χ2v) is 7.01. The summed E-state index contributed by atoms with van der Waals surface area (Å²) in [4.78, 5) is 28.2. The second-order valence-electron chi connectivity index (χ2n) is 7.01. The number of Topliss-reactive ketones (excluding diaryl/α,β-unsaturated/α-hetero) is 1. The summed E-state index contributed by atoms with van der Waals surface area (Å²) in [5.74, 6) is 0.302. The predicted molar refractivity (Wildman–Crippen MR) is 109 cm³/mol. The number of nitrogens with one attached hydrogen (secondary N) is 1. The van der Waals surface area contributed by atoms with Gasteiger partial charge >= 0.3 is 0 Å². The van der Waals surface area contributed by atoms with E-state index in [1.807, 2.05) is 6.07 Å². The lowest BCUT2D eigenvalue weighted by Gasteiger charge is -2.13. The molecule has 0 fully saturated rings. The van der Waals surface area contributed by atoms with Gasteiger partial charge in [-0.05, 0) is 73.7 Å². The number of pyridine rings is 1. The molecule has 1 N–H and O–H groups in total. The maximum absolute atomic E-state index is 12.3. The van der Waals surface area contributed by atoms with Gasteiger partial charge in [0.1, 0.15) is 17.3 Å². The number of benzene rings is 1. The summed E-state index contributed by atoms with van der Waals surface area (Å²) in [7, 11) is 0. The Kier molecular flexibility index (Phi) is 5.31. The van der Waals surface area contributed by atoms with Gasteiger partial charge in [-0.15, -0.1) is 0 Å². The van der Waals surface area contributed by atoms with Crippen LogP contribution >= 0.6 is 0 Å². The minimum atomic E-state index is -0.392. The topological polar surface area (TPSA) is 105 Å². The number of ether oxygens (including phenoxy) is 1. The number of aromatic nitrogens is 1. The minimum Gasteiger partial charge on any atom is -0.467 e. The molecule has 1 amide bonds. The SMILES string of the molecule is CC(=O)c1ccc(NC(=O)COc2nc(-c3ccco3)c3c(c2C#N)CCC3)cc1. The van der Waals surface area contributed by atoms with Gasteiger partial charge in [0.2, 0.25) is 5.88 Å². The van der Waals surface area contributed by atoms with Crippen LogP contribution in [-0.2, 0) is 17.6 Å². The summed E-state index contributed by atoms with van der Waals surface area (Å²) < 4.78 is 11.1. The zero-order valence-electron chi connectivity index (χ0n) is 16.4. The van der Waals surface area contributed by atoms with Crippen LogP contribution in [0.25, 0.3) is 11.5 Å². The van der Waals surface area contributed by atoms with Crippen molar-refractivity contribution >= 4 is 17.4 Å². The van der Waals surface area contributed by atoms with Crippen LogP contribution in [0.3, 0.4) is 0 Å². The van der Waals surface area contributed by atoms with Crippen LogP contribution in [0.2, 0.25) is 0 Å². The molecule has 0 aliphatic heterocycles. The van der Waals surface area contributed by atoms with E-state index in [0.717, 1.165) is 30.4 Å². The molecule has 7 heteroatoms. The van der Waals surface area contributed by atoms with Crippen LogP contribution in [0.15, 0.2) is 47.1 Å². The molecule has 2 aromatic heterocycles. The van der Waals surface area contributed by atoms with Crippen molar-refractivity contribution in [2.45, 2.75) is 26.2 Å². The molecular formula is C23H19N3O4. The smallest absolute Gasteiger partial charge is 0.262 e. The Balaban J connectivity index is 1.53. The van der Waals surface area contributed by atoms with Crippen molar-refractivity contribution in [1.29, 1.82) is 5.26 Å². The van der Waals surface area contributed by atoms with Gasteiger partial charge in [0.25, 0.3) is 5.91 Å². The summed E-state index contributed by atoms with van der Waals surface area (Å²) in [6.07, 6.45) is 4.09. The van der Waals surface area contributed by atoms with Crippen LogP contribution in [0.5, 0.6) is 5.88 Å². The number of rotatable bonds is 6. The Hall–Kier alpha value is -3.92. The molecule has 2 heterocycles. The molecule has 1 aliphatic rings. The molecule has 30 heavy (non-hydrogen) atoms. The van der Waals surface area contributed by atoms with Gasteiger partial charge in [0.05, 0.1) is 6.26 Å². The normalized spacial score (nSPS) is 12.1. The summed E-state index contributed by atoms with van der Waals surface area (Å²) in [6.45, 7) is 1.18. The molecule has 0 radical (unpaired) electrons. The lowest BCUT2D eigenvalue weighted by molar-refractivity contribution is -0.118. The van der Waals surface area contributed by atoms with Crippen molar-refractivity contribution in [1.82, 2.24) is 4.98 Å².